The summed E-state index contributed by atoms with van der Waals surface area (Å²) >= 11 is 7.06. The second kappa shape index (κ2) is 21.5. The number of benzene rings is 3. The molecule has 2 aromatic heterocycles. The Kier molecular flexibility index (Phi) is 15.8. The molecule has 2 fully saturated rings. The number of hydrogen-bond acceptors (Lipinski definition) is 11. The number of halogens is 4. The van der Waals surface area contributed by atoms with Crippen molar-refractivity contribution in [3.05, 3.63) is 130 Å². The Balaban J connectivity index is 0.885. The number of nitriles is 1. The van der Waals surface area contributed by atoms with Crippen molar-refractivity contribution in [1.82, 2.24) is 30.8 Å². The zero-order valence-corrected chi connectivity index (χ0v) is 42.4. The van der Waals surface area contributed by atoms with Crippen molar-refractivity contribution >= 4 is 69.6 Å². The Labute approximate surface area is 428 Å². The van der Waals surface area contributed by atoms with Crippen LogP contribution >= 0.6 is 23.6 Å². The highest BCUT2D eigenvalue weighted by atomic mass is 32.1. The summed E-state index contributed by atoms with van der Waals surface area (Å²) in [7, 11) is 0. The first-order chi connectivity index (χ1) is 34.4. The van der Waals surface area contributed by atoms with Gasteiger partial charge in [-0.2, -0.15) is 18.4 Å². The van der Waals surface area contributed by atoms with Gasteiger partial charge in [0.2, 0.25) is 17.7 Å². The summed E-state index contributed by atoms with van der Waals surface area (Å²) in [6.07, 6.45) is -3.72. The number of likely N-dealkylation sites (tertiary alicyclic amines) is 1. The quantitative estimate of drug-likeness (QED) is 0.0597. The Morgan fingerprint density at radius 1 is 0.959 bits per heavy atom. The average molecular weight is 1040 g/mol. The van der Waals surface area contributed by atoms with Gasteiger partial charge in [-0.1, -0.05) is 57.2 Å². The first-order valence-electron chi connectivity index (χ1n) is 23.3. The summed E-state index contributed by atoms with van der Waals surface area (Å²) in [6.45, 7) is 10.6. The van der Waals surface area contributed by atoms with Crippen molar-refractivity contribution < 1.29 is 46.6 Å². The number of nitrogens with one attached hydrogen (secondary N) is 3. The smallest absolute Gasteiger partial charge is 0.391 e. The van der Waals surface area contributed by atoms with Gasteiger partial charge >= 0.3 is 6.18 Å². The molecule has 3 aromatic carbocycles. The number of aryl methyl sites for hydroxylation is 2. The summed E-state index contributed by atoms with van der Waals surface area (Å²) in [5, 5.41) is 28.1. The number of alkyl halides is 3. The molecule has 4 N–H and O–H groups in total. The number of thiocarbonyl (C=S) groups is 1. The summed E-state index contributed by atoms with van der Waals surface area (Å²) in [5.74, 6) is -4.26. The van der Waals surface area contributed by atoms with Gasteiger partial charge in [0.1, 0.15) is 23.2 Å². The zero-order chi connectivity index (χ0) is 53.2. The minimum Gasteiger partial charge on any atom is -0.391 e. The molecule has 5 aromatic rings. The van der Waals surface area contributed by atoms with Crippen LogP contribution in [0.25, 0.3) is 10.4 Å². The van der Waals surface area contributed by atoms with E-state index in [4.69, 9.17) is 12.2 Å². The molecule has 5 amide bonds. The molecule has 21 heteroatoms. The van der Waals surface area contributed by atoms with Crippen LogP contribution in [0.1, 0.15) is 97.9 Å². The molecule has 73 heavy (non-hydrogen) atoms. The van der Waals surface area contributed by atoms with E-state index in [9.17, 15) is 47.5 Å². The lowest BCUT2D eigenvalue weighted by Crippen LogP contribution is -2.57. The van der Waals surface area contributed by atoms with Crippen LogP contribution < -0.4 is 25.8 Å². The Morgan fingerprint density at radius 2 is 1.62 bits per heavy atom. The van der Waals surface area contributed by atoms with Crippen LogP contribution in [0, 0.1) is 29.5 Å². The predicted molar refractivity (Wildman–Crippen MR) is 269 cm³/mol. The highest BCUT2D eigenvalue weighted by molar-refractivity contribution is 7.81. The molecule has 4 heterocycles. The number of aliphatic hydroxyl groups excluding tert-OH is 1. The maximum atomic E-state index is 15.4. The van der Waals surface area contributed by atoms with Crippen LogP contribution in [0.3, 0.4) is 0 Å². The number of hydrogen-bond donors (Lipinski definition) is 4. The van der Waals surface area contributed by atoms with Gasteiger partial charge < -0.3 is 30.9 Å². The molecule has 0 spiro atoms. The molecule has 15 nitrogen and oxygen atoms in total. The van der Waals surface area contributed by atoms with Crippen LogP contribution in [-0.4, -0.2) is 84.9 Å². The molecule has 2 aliphatic rings. The second-order valence-electron chi connectivity index (χ2n) is 19.4. The molecule has 382 valence electrons. The third-order valence-electron chi connectivity index (χ3n) is 12.7. The fraction of sp³-hybridized carbons (Fsp3) is 0.365. The molecule has 2 aliphatic heterocycles. The van der Waals surface area contributed by atoms with Gasteiger partial charge in [-0.05, 0) is 104 Å². The summed E-state index contributed by atoms with van der Waals surface area (Å²) < 4.78 is 56.7. The van der Waals surface area contributed by atoms with Crippen LogP contribution in [-0.2, 0) is 44.9 Å². The van der Waals surface area contributed by atoms with Gasteiger partial charge in [-0.25, -0.2) is 9.37 Å². The van der Waals surface area contributed by atoms with E-state index in [0.29, 0.717) is 34.7 Å². The van der Waals surface area contributed by atoms with E-state index < -0.39 is 81.6 Å². The van der Waals surface area contributed by atoms with E-state index in [0.717, 1.165) is 33.8 Å². The Bertz CT molecular complexity index is 2970. The van der Waals surface area contributed by atoms with Crippen molar-refractivity contribution in [2.24, 2.45) is 5.41 Å². The van der Waals surface area contributed by atoms with Gasteiger partial charge in [-0.15, -0.1) is 11.3 Å². The minimum absolute atomic E-state index is 0.0494. The topological polar surface area (TPSA) is 201 Å². The molecular weight excluding hydrogens is 987 g/mol. The number of rotatable bonds is 15. The van der Waals surface area contributed by atoms with E-state index in [1.165, 1.54) is 35.9 Å². The van der Waals surface area contributed by atoms with Crippen molar-refractivity contribution in [3.63, 3.8) is 0 Å². The van der Waals surface area contributed by atoms with Crippen molar-refractivity contribution in [3.8, 4) is 16.5 Å². The number of amides is 5. The fourth-order valence-electron chi connectivity index (χ4n) is 8.73. The molecule has 3 atom stereocenters. The van der Waals surface area contributed by atoms with E-state index in [1.54, 1.807) is 74.0 Å². The largest absolute Gasteiger partial charge is 0.420 e. The summed E-state index contributed by atoms with van der Waals surface area (Å²) in [5.41, 5.74) is 0.793. The van der Waals surface area contributed by atoms with Crippen molar-refractivity contribution in [2.75, 3.05) is 16.3 Å². The molecule has 2 saturated heterocycles. The SMILES string of the molecule is Cc1ncsc1-c1ccc(CNC(=O)[C@@H]2C[C@@H](O)CN2C(=O)[C@@H](NC(=O)c2ccc(CNC(=O)CCCc3ccc(N4C(=S)N(c5ccc(C#N)c(C(F)(F)F)c5F)C(=O)C4(C)C)cn3)cc2)C(C)(C)C)cc1. The molecular formula is C52H53F4N9O6S2. The third-order valence-corrected chi connectivity index (χ3v) is 14.1. The first-order valence-corrected chi connectivity index (χ1v) is 24.5. The van der Waals surface area contributed by atoms with Crippen LogP contribution in [0.2, 0.25) is 0 Å². The van der Waals surface area contributed by atoms with Gasteiger partial charge in [0.15, 0.2) is 10.9 Å². The number of carbonyl (C=O) groups excluding carboxylic acids is 5. The number of nitrogens with zero attached hydrogens (tertiary/aromatic N) is 6. The summed E-state index contributed by atoms with van der Waals surface area (Å²) in [4.78, 5) is 80.8. The third kappa shape index (κ3) is 11.7. The van der Waals surface area contributed by atoms with Gasteiger partial charge in [-0.3, -0.25) is 33.9 Å². The van der Waals surface area contributed by atoms with Gasteiger partial charge in [0.05, 0.1) is 51.4 Å². The van der Waals surface area contributed by atoms with E-state index in [2.05, 4.69) is 25.9 Å². The highest BCUT2D eigenvalue weighted by Crippen LogP contribution is 2.42. The first kappa shape index (κ1) is 53.6. The lowest BCUT2D eigenvalue weighted by atomic mass is 9.85. The number of aromatic nitrogens is 2. The van der Waals surface area contributed by atoms with E-state index >= 15 is 4.39 Å². The van der Waals surface area contributed by atoms with Crippen molar-refractivity contribution in [2.45, 2.75) is 110 Å². The number of thiazole rings is 1. The predicted octanol–water partition coefficient (Wildman–Crippen LogP) is 7.52. The number of β-amino-alcohol motifs (C(OH)–C–C–N with tert-alkyl or cyclic N) is 1. The van der Waals surface area contributed by atoms with Crippen LogP contribution in [0.5, 0.6) is 0 Å². The monoisotopic (exact) mass is 1040 g/mol. The lowest BCUT2D eigenvalue weighted by Gasteiger charge is -2.35. The molecule has 0 saturated carbocycles. The van der Waals surface area contributed by atoms with Gasteiger partial charge in [0.25, 0.3) is 11.8 Å². The highest BCUT2D eigenvalue weighted by Gasteiger charge is 2.52. The minimum atomic E-state index is -5.21. The summed E-state index contributed by atoms with van der Waals surface area (Å²) in [6, 6.07) is 18.6. The van der Waals surface area contributed by atoms with Crippen LogP contribution in [0.15, 0.2) is 84.5 Å². The molecule has 0 unspecified atom stereocenters. The van der Waals surface area contributed by atoms with E-state index in [-0.39, 0.29) is 49.1 Å². The normalized spacial score (nSPS) is 17.1. The number of anilines is 2. The zero-order valence-electron chi connectivity index (χ0n) is 40.8. The number of carbonyl (C=O) groups is 5. The number of pyridine rings is 1. The fourth-order valence-corrected chi connectivity index (χ4v) is 10.1. The molecule has 0 bridgehead atoms. The maximum Gasteiger partial charge on any atom is 0.420 e. The Morgan fingerprint density at radius 3 is 2.21 bits per heavy atom. The Hall–Kier alpha value is -7.15. The molecule has 0 aliphatic carbocycles. The second-order valence-corrected chi connectivity index (χ2v) is 20.7. The van der Waals surface area contributed by atoms with Gasteiger partial charge in [0, 0.05) is 43.7 Å². The maximum absolute atomic E-state index is 15.4. The van der Waals surface area contributed by atoms with E-state index in [1.807, 2.05) is 31.2 Å². The molecule has 0 radical (unpaired) electrons. The standard InChI is InChI=1S/C52H53F4N9O6S2/c1-29-43(73-28-61-29)32-14-10-31(11-15-32)25-60-46(69)39-22-37(66)27-63(39)47(70)44(50(2,3)4)62-45(68)33-16-12-30(13-17-33)24-59-40(67)9-7-8-35-19-20-36(26-58-35)65-49(72)64(48(71)51(65,5)6)38-21-18-34(23-57)41(42(38)53)52(54,55)56/h10-21,26,28,37,39,44,66H,7-9,22,24-25,27H2,1-6H3,(H,59,67)(H,60,69)(H,62,68)/t37-,39+,44-/m1/s1. The number of aliphatic hydroxyl groups is 1. The average Bonchev–Trinajstić information content (AvgIpc) is 4.01. The van der Waals surface area contributed by atoms with Crippen molar-refractivity contribution in [1.29, 1.82) is 5.26 Å². The molecule has 7 rings (SSSR count). The lowest BCUT2D eigenvalue weighted by molar-refractivity contribution is -0.142. The van der Waals surface area contributed by atoms with Crippen LogP contribution in [0.4, 0.5) is 28.9 Å².